The van der Waals surface area contributed by atoms with Gasteiger partial charge in [0.2, 0.25) is 11.8 Å². The number of hydrogen-bond acceptors (Lipinski definition) is 5. The summed E-state index contributed by atoms with van der Waals surface area (Å²) in [6.07, 6.45) is 8.49. The molecule has 8 heteroatoms. The van der Waals surface area contributed by atoms with Gasteiger partial charge in [-0.3, -0.25) is 14.4 Å². The Morgan fingerprint density at radius 1 is 1.28 bits per heavy atom. The summed E-state index contributed by atoms with van der Waals surface area (Å²) < 4.78 is 0. The molecule has 4 fully saturated rings. The first-order valence-corrected chi connectivity index (χ1v) is 10.8. The van der Waals surface area contributed by atoms with Gasteiger partial charge in [0.25, 0.3) is 5.91 Å². The highest BCUT2D eigenvalue weighted by molar-refractivity contribution is 6.01. The molecule has 3 atom stereocenters. The number of nitrogens with zero attached hydrogens (tertiary/aromatic N) is 2. The lowest BCUT2D eigenvalue weighted by atomic mass is 9.87. The molecule has 3 N–H and O–H groups in total. The lowest BCUT2D eigenvalue weighted by molar-refractivity contribution is -0.134. The summed E-state index contributed by atoms with van der Waals surface area (Å²) in [5, 5.41) is 18.4. The molecule has 0 aromatic rings. The van der Waals surface area contributed by atoms with Crippen LogP contribution in [0.3, 0.4) is 0 Å². The first kappa shape index (κ1) is 19.9. The fourth-order valence-electron chi connectivity index (χ4n) is 4.67. The van der Waals surface area contributed by atoms with Gasteiger partial charge in [0.15, 0.2) is 0 Å². The third-order valence-corrected chi connectivity index (χ3v) is 6.59. The number of amides is 3. The molecule has 4 rings (SSSR count). The molecule has 0 aromatic carbocycles. The Kier molecular flexibility index (Phi) is 5.59. The number of likely N-dealkylation sites (tertiary alicyclic amines) is 1. The van der Waals surface area contributed by atoms with E-state index in [2.05, 4.69) is 22.0 Å². The van der Waals surface area contributed by atoms with Crippen molar-refractivity contribution < 1.29 is 14.4 Å². The summed E-state index contributed by atoms with van der Waals surface area (Å²) in [6, 6.07) is 1.36. The minimum absolute atomic E-state index is 0.0251. The largest absolute Gasteiger partial charge is 0.356 e. The molecule has 0 radical (unpaired) electrons. The van der Waals surface area contributed by atoms with E-state index < -0.39 is 11.6 Å². The Balaban J connectivity index is 1.47. The highest BCUT2D eigenvalue weighted by Crippen LogP contribution is 2.36. The third kappa shape index (κ3) is 4.15. The van der Waals surface area contributed by atoms with Gasteiger partial charge >= 0.3 is 0 Å². The normalized spacial score (nSPS) is 30.9. The van der Waals surface area contributed by atoms with E-state index in [0.29, 0.717) is 44.0 Å². The van der Waals surface area contributed by atoms with Gasteiger partial charge in [-0.1, -0.05) is 6.08 Å². The third-order valence-electron chi connectivity index (χ3n) is 6.59. The number of nitrogens with one attached hydrogen (secondary N) is 3. The van der Waals surface area contributed by atoms with Crippen LogP contribution in [0.5, 0.6) is 0 Å². The van der Waals surface area contributed by atoms with Crippen LogP contribution in [-0.4, -0.2) is 53.8 Å². The topological polar surface area (TPSA) is 114 Å². The molecule has 1 spiro atoms. The Hall–Kier alpha value is -2.40. The van der Waals surface area contributed by atoms with Crippen LogP contribution in [0.2, 0.25) is 0 Å². The average molecular weight is 399 g/mol. The fourth-order valence-corrected chi connectivity index (χ4v) is 4.67. The smallest absolute Gasteiger partial charge is 0.268 e. The van der Waals surface area contributed by atoms with Crippen LogP contribution >= 0.6 is 0 Å². The molecule has 3 amide bonds. The Morgan fingerprint density at radius 3 is 2.72 bits per heavy atom. The number of piperidine rings is 1. The van der Waals surface area contributed by atoms with Crippen molar-refractivity contribution in [1.29, 1.82) is 5.26 Å². The molecular weight excluding hydrogens is 370 g/mol. The molecule has 3 heterocycles. The zero-order chi connectivity index (χ0) is 20.4. The van der Waals surface area contributed by atoms with Crippen molar-refractivity contribution in [2.24, 2.45) is 11.8 Å². The molecular formula is C21H29N5O3. The molecule has 8 nitrogen and oxygen atoms in total. The number of hydrogen-bond donors (Lipinski definition) is 3. The summed E-state index contributed by atoms with van der Waals surface area (Å²) in [4.78, 5) is 39.8. The lowest BCUT2D eigenvalue weighted by Crippen LogP contribution is -2.54. The van der Waals surface area contributed by atoms with Gasteiger partial charge in [0.1, 0.15) is 17.3 Å². The number of allylic oxidation sites excluding steroid dienone is 1. The van der Waals surface area contributed by atoms with Gasteiger partial charge in [-0.05, 0) is 63.8 Å². The summed E-state index contributed by atoms with van der Waals surface area (Å²) in [6.45, 7) is 1.95. The van der Waals surface area contributed by atoms with E-state index >= 15 is 0 Å². The van der Waals surface area contributed by atoms with Crippen LogP contribution in [0.15, 0.2) is 11.8 Å². The van der Waals surface area contributed by atoms with Crippen LogP contribution in [0.25, 0.3) is 0 Å². The quantitative estimate of drug-likeness (QED) is 0.565. The molecule has 1 unspecified atom stereocenters. The predicted octanol–water partition coefficient (Wildman–Crippen LogP) is 0.559. The van der Waals surface area contributed by atoms with E-state index in [9.17, 15) is 19.6 Å². The van der Waals surface area contributed by atoms with Crippen LogP contribution in [-0.2, 0) is 14.4 Å². The lowest BCUT2D eigenvalue weighted by Gasteiger charge is -2.33. The molecule has 1 saturated carbocycles. The molecule has 4 aliphatic rings. The summed E-state index contributed by atoms with van der Waals surface area (Å²) in [5.41, 5.74) is -0.171. The maximum atomic E-state index is 13.2. The van der Waals surface area contributed by atoms with E-state index in [0.717, 1.165) is 38.6 Å². The molecule has 3 aliphatic heterocycles. The highest BCUT2D eigenvalue weighted by atomic mass is 16.2. The maximum Gasteiger partial charge on any atom is 0.268 e. The minimum atomic E-state index is -0.751. The zero-order valence-corrected chi connectivity index (χ0v) is 16.7. The Morgan fingerprint density at radius 2 is 2.10 bits per heavy atom. The monoisotopic (exact) mass is 399 g/mol. The average Bonchev–Trinajstić information content (AvgIpc) is 3.40. The maximum absolute atomic E-state index is 13.2. The van der Waals surface area contributed by atoms with Crippen molar-refractivity contribution in [1.82, 2.24) is 20.9 Å². The van der Waals surface area contributed by atoms with Crippen molar-refractivity contribution in [2.45, 2.75) is 62.9 Å². The molecule has 1 aliphatic carbocycles. The molecule has 3 saturated heterocycles. The van der Waals surface area contributed by atoms with Gasteiger partial charge in [-0.15, -0.1) is 0 Å². The van der Waals surface area contributed by atoms with Crippen LogP contribution in [0, 0.1) is 23.2 Å². The SMILES string of the molecule is N#C[C@H](C[C@@H]1CCNC1=O)NC(=O)C(=CC1CC1)N1CCC2(CCCCN2)C1=O. The number of carbonyl (C=O) groups is 3. The second-order valence-corrected chi connectivity index (χ2v) is 8.73. The van der Waals surface area contributed by atoms with Crippen LogP contribution in [0.4, 0.5) is 0 Å². The summed E-state index contributed by atoms with van der Waals surface area (Å²) in [7, 11) is 0. The molecule has 29 heavy (non-hydrogen) atoms. The highest BCUT2D eigenvalue weighted by Gasteiger charge is 2.49. The van der Waals surface area contributed by atoms with Crippen LogP contribution in [0.1, 0.15) is 51.4 Å². The minimum Gasteiger partial charge on any atom is -0.356 e. The van der Waals surface area contributed by atoms with E-state index in [1.807, 2.05) is 6.08 Å². The van der Waals surface area contributed by atoms with Crippen molar-refractivity contribution >= 4 is 17.7 Å². The van der Waals surface area contributed by atoms with Crippen molar-refractivity contribution in [3.05, 3.63) is 11.8 Å². The van der Waals surface area contributed by atoms with Crippen LogP contribution < -0.4 is 16.0 Å². The fraction of sp³-hybridized carbons (Fsp3) is 0.714. The molecule has 0 bridgehead atoms. The second-order valence-electron chi connectivity index (χ2n) is 8.73. The number of rotatable bonds is 6. The van der Waals surface area contributed by atoms with Gasteiger partial charge in [0.05, 0.1) is 6.07 Å². The van der Waals surface area contributed by atoms with Gasteiger partial charge < -0.3 is 20.9 Å². The van der Waals surface area contributed by atoms with Gasteiger partial charge in [0, 0.05) is 19.0 Å². The number of nitriles is 1. The second kappa shape index (κ2) is 8.15. The van der Waals surface area contributed by atoms with E-state index in [4.69, 9.17) is 0 Å². The van der Waals surface area contributed by atoms with Gasteiger partial charge in [-0.25, -0.2) is 0 Å². The van der Waals surface area contributed by atoms with Crippen molar-refractivity contribution in [2.75, 3.05) is 19.6 Å². The molecule has 0 aromatic heterocycles. The molecule has 156 valence electrons. The Bertz CT molecular complexity index is 761. The first-order chi connectivity index (χ1) is 14.0. The van der Waals surface area contributed by atoms with E-state index in [1.165, 1.54) is 0 Å². The van der Waals surface area contributed by atoms with E-state index in [1.54, 1.807) is 4.90 Å². The van der Waals surface area contributed by atoms with Gasteiger partial charge in [-0.2, -0.15) is 5.26 Å². The van der Waals surface area contributed by atoms with E-state index in [-0.39, 0.29) is 23.6 Å². The number of carbonyl (C=O) groups excluding carboxylic acids is 3. The zero-order valence-electron chi connectivity index (χ0n) is 16.7. The Labute approximate surface area is 171 Å². The first-order valence-electron chi connectivity index (χ1n) is 10.8. The predicted molar refractivity (Wildman–Crippen MR) is 105 cm³/mol. The summed E-state index contributed by atoms with van der Waals surface area (Å²) >= 11 is 0. The standard InChI is InChI=1S/C21H29N5O3/c22-13-16(12-15-5-9-23-18(15)27)25-19(28)17(11-14-3-4-14)26-10-7-21(20(26)29)6-1-2-8-24-21/h11,14-16,24H,1-10,12H2,(H,23,27)(H,25,28)/t15-,16-,21?/m0/s1. The van der Waals surface area contributed by atoms with Crippen molar-refractivity contribution in [3.63, 3.8) is 0 Å². The van der Waals surface area contributed by atoms with Crippen molar-refractivity contribution in [3.8, 4) is 6.07 Å². The summed E-state index contributed by atoms with van der Waals surface area (Å²) in [5.74, 6) is -0.404.